The molecule has 0 aromatic rings. The molecule has 0 radical (unpaired) electrons. The van der Waals surface area contributed by atoms with Crippen molar-refractivity contribution in [2.45, 2.75) is 68.7 Å². The number of unbranched alkanes of at least 4 members (excludes halogenated alkanes) is 3. The molecule has 4 N–H and O–H groups in total. The van der Waals surface area contributed by atoms with Gasteiger partial charge < -0.3 is 21.3 Å². The molecule has 2 saturated heterocycles. The Kier molecular flexibility index (Phi) is 7.93. The monoisotopic (exact) mass is 368 g/mol. The number of nitrogens with two attached hydrogens (primary N) is 1. The third-order valence-electron chi connectivity index (χ3n) is 5.07. The minimum atomic E-state index is -0.250. The van der Waals surface area contributed by atoms with E-state index in [9.17, 15) is 9.59 Å². The number of fused-ring (bicyclic) bond motifs is 1. The summed E-state index contributed by atoms with van der Waals surface area (Å²) in [4.78, 5) is 24.7. The number of carbonyl (C=O) groups is 2. The van der Waals surface area contributed by atoms with E-state index in [2.05, 4.69) is 29.2 Å². The summed E-state index contributed by atoms with van der Waals surface area (Å²) in [6.45, 7) is 4.75. The number of thioether (sulfide) groups is 1. The van der Waals surface area contributed by atoms with E-state index in [-0.39, 0.29) is 11.8 Å². The lowest BCUT2D eigenvalue weighted by atomic mass is 10.0. The first-order chi connectivity index (χ1) is 12.0. The Morgan fingerprint density at radius 1 is 1.28 bits per heavy atom. The molecule has 25 heavy (non-hydrogen) atoms. The summed E-state index contributed by atoms with van der Waals surface area (Å²) < 4.78 is 0. The van der Waals surface area contributed by atoms with Crippen LogP contribution in [0.15, 0.2) is 12.4 Å². The number of likely N-dealkylation sites (N-methyl/N-ethyl adjacent to an activating group) is 1. The van der Waals surface area contributed by atoms with Gasteiger partial charge in [-0.1, -0.05) is 19.4 Å². The molecular formula is C18H32N4O2S. The van der Waals surface area contributed by atoms with Gasteiger partial charge in [-0.15, -0.1) is 0 Å². The third-order valence-corrected chi connectivity index (χ3v) is 6.57. The van der Waals surface area contributed by atoms with Gasteiger partial charge >= 0.3 is 0 Å². The maximum absolute atomic E-state index is 11.8. The normalized spacial score (nSPS) is 24.9. The summed E-state index contributed by atoms with van der Waals surface area (Å²) in [5.74, 6) is 2.07. The van der Waals surface area contributed by atoms with Crippen LogP contribution in [0.25, 0.3) is 0 Å². The van der Waals surface area contributed by atoms with Gasteiger partial charge in [0, 0.05) is 37.4 Å². The molecule has 3 atom stereocenters. The molecular weight excluding hydrogens is 336 g/mol. The molecule has 0 aromatic heterocycles. The fraction of sp³-hybridized carbons (Fsp3) is 0.778. The zero-order valence-corrected chi connectivity index (χ0v) is 16.1. The molecule has 2 fully saturated rings. The van der Waals surface area contributed by atoms with Crippen LogP contribution in [0.4, 0.5) is 0 Å². The quantitative estimate of drug-likeness (QED) is 0.482. The third kappa shape index (κ3) is 6.13. The predicted octanol–water partition coefficient (Wildman–Crippen LogP) is 1.57. The van der Waals surface area contributed by atoms with Crippen molar-refractivity contribution in [2.24, 2.45) is 5.73 Å². The zero-order chi connectivity index (χ0) is 18.2. The first-order valence-corrected chi connectivity index (χ1v) is 10.4. The fourth-order valence-corrected chi connectivity index (χ4v) is 5.27. The summed E-state index contributed by atoms with van der Waals surface area (Å²) >= 11 is 2.04. The first kappa shape index (κ1) is 19.9. The van der Waals surface area contributed by atoms with E-state index < -0.39 is 0 Å². The van der Waals surface area contributed by atoms with Crippen LogP contribution in [0.2, 0.25) is 0 Å². The number of hydrogen-bond acceptors (Lipinski definition) is 5. The topological polar surface area (TPSA) is 87.5 Å². The van der Waals surface area contributed by atoms with Gasteiger partial charge in [0.15, 0.2) is 0 Å². The highest BCUT2D eigenvalue weighted by Crippen LogP contribution is 2.38. The SMILES string of the molecule is C=C1NC2CS[C@@H](CCCCC(=O)NCCCCCC(N)=O)C2N1C. The average molecular weight is 369 g/mol. The van der Waals surface area contributed by atoms with Crippen LogP contribution in [0.1, 0.15) is 51.4 Å². The molecule has 2 unspecified atom stereocenters. The van der Waals surface area contributed by atoms with Gasteiger partial charge in [-0.25, -0.2) is 0 Å². The van der Waals surface area contributed by atoms with E-state index >= 15 is 0 Å². The van der Waals surface area contributed by atoms with Crippen LogP contribution in [-0.2, 0) is 9.59 Å². The minimum Gasteiger partial charge on any atom is -0.370 e. The second kappa shape index (κ2) is 9.94. The molecule has 2 amide bonds. The molecule has 7 heteroatoms. The summed E-state index contributed by atoms with van der Waals surface area (Å²) in [5, 5.41) is 7.06. The molecule has 142 valence electrons. The number of hydrogen-bond donors (Lipinski definition) is 3. The van der Waals surface area contributed by atoms with Gasteiger partial charge in [-0.2, -0.15) is 11.8 Å². The molecule has 0 bridgehead atoms. The Bertz CT molecular complexity index is 486. The number of nitrogens with one attached hydrogen (secondary N) is 2. The van der Waals surface area contributed by atoms with Crippen LogP contribution in [0.3, 0.4) is 0 Å². The molecule has 0 aliphatic carbocycles. The van der Waals surface area contributed by atoms with Crippen molar-refractivity contribution in [1.82, 2.24) is 15.5 Å². The van der Waals surface area contributed by atoms with Gasteiger partial charge in [0.05, 0.1) is 17.9 Å². The van der Waals surface area contributed by atoms with E-state index in [4.69, 9.17) is 5.73 Å². The highest BCUT2D eigenvalue weighted by atomic mass is 32.2. The molecule has 0 aromatic carbocycles. The Balaban J connectivity index is 1.49. The lowest BCUT2D eigenvalue weighted by Gasteiger charge is -2.25. The number of carbonyl (C=O) groups excluding carboxylic acids is 2. The molecule has 0 saturated carbocycles. The fourth-order valence-electron chi connectivity index (χ4n) is 3.63. The second-order valence-corrected chi connectivity index (χ2v) is 8.32. The highest BCUT2D eigenvalue weighted by Gasteiger charge is 2.44. The maximum Gasteiger partial charge on any atom is 0.219 e. The molecule has 2 aliphatic heterocycles. The van der Waals surface area contributed by atoms with Crippen LogP contribution in [0.5, 0.6) is 0 Å². The first-order valence-electron chi connectivity index (χ1n) is 9.34. The van der Waals surface area contributed by atoms with Gasteiger partial charge in [0.2, 0.25) is 11.8 Å². The smallest absolute Gasteiger partial charge is 0.219 e. The predicted molar refractivity (Wildman–Crippen MR) is 103 cm³/mol. The van der Waals surface area contributed by atoms with E-state index in [1.807, 2.05) is 11.8 Å². The number of nitrogens with zero attached hydrogens (tertiary/aromatic N) is 1. The van der Waals surface area contributed by atoms with E-state index in [1.165, 1.54) is 0 Å². The second-order valence-electron chi connectivity index (χ2n) is 7.04. The van der Waals surface area contributed by atoms with Gasteiger partial charge in [0.1, 0.15) is 0 Å². The van der Waals surface area contributed by atoms with Crippen molar-refractivity contribution in [3.63, 3.8) is 0 Å². The Labute approximate surface area is 155 Å². The van der Waals surface area contributed by atoms with Crippen molar-refractivity contribution in [3.05, 3.63) is 12.4 Å². The van der Waals surface area contributed by atoms with Crippen molar-refractivity contribution >= 4 is 23.6 Å². The number of primary amides is 1. The minimum absolute atomic E-state index is 0.139. The van der Waals surface area contributed by atoms with Gasteiger partial charge in [-0.3, -0.25) is 9.59 Å². The standard InChI is InChI=1S/C18H32N4O2S/c1-13-21-14-12-25-15(18(14)22(13)2)8-5-6-10-17(24)20-11-7-3-4-9-16(19)23/h14-15,18,21H,1,3-12H2,2H3,(H2,19,23)(H,20,24)/t14?,15-,18?/m0/s1. The Morgan fingerprint density at radius 3 is 2.80 bits per heavy atom. The maximum atomic E-state index is 11.8. The highest BCUT2D eigenvalue weighted by molar-refractivity contribution is 8.00. The Hall–Kier alpha value is -1.37. The molecule has 2 heterocycles. The summed E-state index contributed by atoms with van der Waals surface area (Å²) in [6.07, 6.45) is 6.88. The summed E-state index contributed by atoms with van der Waals surface area (Å²) in [5.41, 5.74) is 5.09. The summed E-state index contributed by atoms with van der Waals surface area (Å²) in [6, 6.07) is 1.08. The van der Waals surface area contributed by atoms with Crippen molar-refractivity contribution in [1.29, 1.82) is 0 Å². The van der Waals surface area contributed by atoms with Crippen LogP contribution >= 0.6 is 11.8 Å². The van der Waals surface area contributed by atoms with E-state index in [0.717, 1.165) is 50.1 Å². The van der Waals surface area contributed by atoms with Crippen molar-refractivity contribution < 1.29 is 9.59 Å². The van der Waals surface area contributed by atoms with E-state index in [0.29, 0.717) is 36.7 Å². The molecule has 2 rings (SSSR count). The van der Waals surface area contributed by atoms with Crippen LogP contribution < -0.4 is 16.4 Å². The van der Waals surface area contributed by atoms with Crippen LogP contribution in [-0.4, -0.2) is 53.4 Å². The lowest BCUT2D eigenvalue weighted by Crippen LogP contribution is -2.37. The van der Waals surface area contributed by atoms with Gasteiger partial charge in [-0.05, 0) is 25.7 Å². The molecule has 2 aliphatic rings. The number of rotatable bonds is 11. The summed E-state index contributed by atoms with van der Waals surface area (Å²) in [7, 11) is 2.12. The van der Waals surface area contributed by atoms with Crippen molar-refractivity contribution in [3.8, 4) is 0 Å². The lowest BCUT2D eigenvalue weighted by molar-refractivity contribution is -0.121. The molecule has 6 nitrogen and oxygen atoms in total. The zero-order valence-electron chi connectivity index (χ0n) is 15.3. The average Bonchev–Trinajstić information content (AvgIpc) is 3.08. The van der Waals surface area contributed by atoms with Crippen molar-refractivity contribution in [2.75, 3.05) is 19.3 Å². The van der Waals surface area contributed by atoms with Crippen LogP contribution in [0, 0.1) is 0 Å². The molecule has 0 spiro atoms. The van der Waals surface area contributed by atoms with Gasteiger partial charge in [0.25, 0.3) is 0 Å². The van der Waals surface area contributed by atoms with E-state index in [1.54, 1.807) is 0 Å². The number of amides is 2. The Morgan fingerprint density at radius 2 is 2.04 bits per heavy atom. The largest absolute Gasteiger partial charge is 0.370 e.